The number of anilines is 1. The van der Waals surface area contributed by atoms with Gasteiger partial charge in [0.05, 0.1) is 6.42 Å². The Hall–Kier alpha value is -1.55. The molecule has 0 radical (unpaired) electrons. The fourth-order valence-corrected chi connectivity index (χ4v) is 2.32. The second-order valence-corrected chi connectivity index (χ2v) is 4.98. The van der Waals surface area contributed by atoms with Gasteiger partial charge in [0.25, 0.3) is 0 Å². The number of hydrogen-bond donors (Lipinski definition) is 3. The minimum absolute atomic E-state index is 0.0836. The summed E-state index contributed by atoms with van der Waals surface area (Å²) in [7, 11) is 0. The number of nitrogens with one attached hydrogen (secondary N) is 2. The van der Waals surface area contributed by atoms with Crippen LogP contribution >= 0.6 is 0 Å². The SMILES string of the molecule is CC1NCCCC1NC(=O)Cc1ccc(N)cc1. The third-order valence-corrected chi connectivity index (χ3v) is 3.45. The first-order chi connectivity index (χ1) is 8.65. The fourth-order valence-electron chi connectivity index (χ4n) is 2.32. The number of nitrogen functional groups attached to an aromatic ring is 1. The Labute approximate surface area is 108 Å². The van der Waals surface area contributed by atoms with Crippen LogP contribution in [0.25, 0.3) is 0 Å². The topological polar surface area (TPSA) is 67.1 Å². The molecule has 98 valence electrons. The molecule has 4 heteroatoms. The number of rotatable bonds is 3. The molecule has 1 aliphatic rings. The highest BCUT2D eigenvalue weighted by atomic mass is 16.1. The van der Waals surface area contributed by atoms with Gasteiger partial charge in [0.2, 0.25) is 5.91 Å². The zero-order chi connectivity index (χ0) is 13.0. The quantitative estimate of drug-likeness (QED) is 0.700. The van der Waals surface area contributed by atoms with E-state index in [9.17, 15) is 4.79 Å². The van der Waals surface area contributed by atoms with Crippen molar-refractivity contribution in [3.8, 4) is 0 Å². The summed E-state index contributed by atoms with van der Waals surface area (Å²) in [6.45, 7) is 3.17. The van der Waals surface area contributed by atoms with Crippen LogP contribution in [0.4, 0.5) is 5.69 Å². The van der Waals surface area contributed by atoms with Crippen molar-refractivity contribution < 1.29 is 4.79 Å². The van der Waals surface area contributed by atoms with Gasteiger partial charge >= 0.3 is 0 Å². The maximum absolute atomic E-state index is 11.9. The van der Waals surface area contributed by atoms with Gasteiger partial charge in [-0.3, -0.25) is 4.79 Å². The smallest absolute Gasteiger partial charge is 0.224 e. The molecule has 4 N–H and O–H groups in total. The van der Waals surface area contributed by atoms with Gasteiger partial charge in [-0.2, -0.15) is 0 Å². The molecule has 1 fully saturated rings. The number of nitrogens with two attached hydrogens (primary N) is 1. The molecule has 0 saturated carbocycles. The van der Waals surface area contributed by atoms with Crippen LogP contribution in [0, 0.1) is 0 Å². The molecule has 0 bridgehead atoms. The third-order valence-electron chi connectivity index (χ3n) is 3.45. The van der Waals surface area contributed by atoms with Gasteiger partial charge in [-0.15, -0.1) is 0 Å². The summed E-state index contributed by atoms with van der Waals surface area (Å²) in [6.07, 6.45) is 2.60. The van der Waals surface area contributed by atoms with Crippen LogP contribution in [-0.4, -0.2) is 24.5 Å². The molecule has 1 saturated heterocycles. The maximum atomic E-state index is 11.9. The Bertz CT molecular complexity index is 402. The summed E-state index contributed by atoms with van der Waals surface area (Å²) in [5, 5.41) is 6.48. The molecule has 2 unspecified atom stereocenters. The molecule has 0 aliphatic carbocycles. The van der Waals surface area contributed by atoms with Gasteiger partial charge in [0, 0.05) is 17.8 Å². The first kappa shape index (κ1) is 12.9. The van der Waals surface area contributed by atoms with E-state index in [1.165, 1.54) is 0 Å². The minimum atomic E-state index is 0.0836. The molecule has 0 spiro atoms. The summed E-state index contributed by atoms with van der Waals surface area (Å²) in [5.74, 6) is 0.0836. The average Bonchev–Trinajstić information content (AvgIpc) is 2.35. The van der Waals surface area contributed by atoms with E-state index < -0.39 is 0 Å². The van der Waals surface area contributed by atoms with Crippen molar-refractivity contribution in [3.05, 3.63) is 29.8 Å². The molecule has 1 amide bonds. The molecule has 18 heavy (non-hydrogen) atoms. The number of carbonyl (C=O) groups is 1. The van der Waals surface area contributed by atoms with E-state index in [0.29, 0.717) is 12.5 Å². The van der Waals surface area contributed by atoms with Crippen LogP contribution < -0.4 is 16.4 Å². The Morgan fingerprint density at radius 1 is 1.44 bits per heavy atom. The lowest BCUT2D eigenvalue weighted by molar-refractivity contribution is -0.121. The fraction of sp³-hybridized carbons (Fsp3) is 0.500. The summed E-state index contributed by atoms with van der Waals surface area (Å²) in [4.78, 5) is 11.9. The summed E-state index contributed by atoms with van der Waals surface area (Å²) in [5.41, 5.74) is 7.34. The molecule has 2 rings (SSSR count). The van der Waals surface area contributed by atoms with Crippen LogP contribution in [0.15, 0.2) is 24.3 Å². The lowest BCUT2D eigenvalue weighted by Crippen LogP contribution is -2.52. The van der Waals surface area contributed by atoms with E-state index in [4.69, 9.17) is 5.73 Å². The predicted molar refractivity (Wildman–Crippen MR) is 73.2 cm³/mol. The molecule has 1 aromatic rings. The average molecular weight is 247 g/mol. The Balaban J connectivity index is 1.86. The molecule has 0 aromatic heterocycles. The highest BCUT2D eigenvalue weighted by Crippen LogP contribution is 2.10. The van der Waals surface area contributed by atoms with Crippen molar-refractivity contribution in [2.75, 3.05) is 12.3 Å². The zero-order valence-electron chi connectivity index (χ0n) is 10.8. The normalized spacial score (nSPS) is 23.6. The van der Waals surface area contributed by atoms with E-state index in [0.717, 1.165) is 30.6 Å². The number of carbonyl (C=O) groups excluding carboxylic acids is 1. The van der Waals surface area contributed by atoms with Crippen LogP contribution in [0.1, 0.15) is 25.3 Å². The largest absolute Gasteiger partial charge is 0.399 e. The van der Waals surface area contributed by atoms with E-state index in [1.807, 2.05) is 24.3 Å². The molecule has 2 atom stereocenters. The highest BCUT2D eigenvalue weighted by molar-refractivity contribution is 5.79. The van der Waals surface area contributed by atoms with Gasteiger partial charge in [0.1, 0.15) is 0 Å². The van der Waals surface area contributed by atoms with E-state index in [1.54, 1.807) is 0 Å². The van der Waals surface area contributed by atoms with Crippen molar-refractivity contribution in [1.29, 1.82) is 0 Å². The van der Waals surface area contributed by atoms with Crippen LogP contribution in [0.5, 0.6) is 0 Å². The lowest BCUT2D eigenvalue weighted by Gasteiger charge is -2.30. The predicted octanol–water partition coefficient (Wildman–Crippen LogP) is 1.07. The molecule has 1 aliphatic heterocycles. The Morgan fingerprint density at radius 3 is 2.83 bits per heavy atom. The van der Waals surface area contributed by atoms with Crippen molar-refractivity contribution >= 4 is 11.6 Å². The Morgan fingerprint density at radius 2 is 2.17 bits per heavy atom. The summed E-state index contributed by atoms with van der Waals surface area (Å²) < 4.78 is 0. The van der Waals surface area contributed by atoms with Crippen molar-refractivity contribution in [1.82, 2.24) is 10.6 Å². The molecular formula is C14H21N3O. The second kappa shape index (κ2) is 5.87. The number of benzene rings is 1. The number of hydrogen-bond acceptors (Lipinski definition) is 3. The monoisotopic (exact) mass is 247 g/mol. The molecule has 1 heterocycles. The highest BCUT2D eigenvalue weighted by Gasteiger charge is 2.22. The van der Waals surface area contributed by atoms with Crippen LogP contribution in [0.2, 0.25) is 0 Å². The number of piperidine rings is 1. The minimum Gasteiger partial charge on any atom is -0.399 e. The van der Waals surface area contributed by atoms with Crippen LogP contribution in [-0.2, 0) is 11.2 Å². The van der Waals surface area contributed by atoms with E-state index in [-0.39, 0.29) is 11.9 Å². The van der Waals surface area contributed by atoms with E-state index in [2.05, 4.69) is 17.6 Å². The van der Waals surface area contributed by atoms with Crippen molar-refractivity contribution in [2.24, 2.45) is 0 Å². The standard InChI is InChI=1S/C14H21N3O/c1-10-13(3-2-8-16-10)17-14(18)9-11-4-6-12(15)7-5-11/h4-7,10,13,16H,2-3,8-9,15H2,1H3,(H,17,18). The maximum Gasteiger partial charge on any atom is 0.224 e. The first-order valence-electron chi connectivity index (χ1n) is 6.52. The third kappa shape index (κ3) is 3.47. The zero-order valence-corrected chi connectivity index (χ0v) is 10.8. The van der Waals surface area contributed by atoms with Gasteiger partial charge in [-0.25, -0.2) is 0 Å². The summed E-state index contributed by atoms with van der Waals surface area (Å²) >= 11 is 0. The summed E-state index contributed by atoms with van der Waals surface area (Å²) in [6, 6.07) is 8.06. The van der Waals surface area contributed by atoms with Crippen LogP contribution in [0.3, 0.4) is 0 Å². The van der Waals surface area contributed by atoms with E-state index >= 15 is 0 Å². The Kier molecular flexibility index (Phi) is 4.20. The van der Waals surface area contributed by atoms with Crippen molar-refractivity contribution in [2.45, 2.75) is 38.3 Å². The van der Waals surface area contributed by atoms with Gasteiger partial charge in [-0.1, -0.05) is 12.1 Å². The van der Waals surface area contributed by atoms with Gasteiger partial charge < -0.3 is 16.4 Å². The lowest BCUT2D eigenvalue weighted by atomic mass is 9.99. The van der Waals surface area contributed by atoms with Crippen molar-refractivity contribution in [3.63, 3.8) is 0 Å². The van der Waals surface area contributed by atoms with Gasteiger partial charge in [0.15, 0.2) is 0 Å². The molecular weight excluding hydrogens is 226 g/mol. The second-order valence-electron chi connectivity index (χ2n) is 4.98. The molecule has 4 nitrogen and oxygen atoms in total. The first-order valence-corrected chi connectivity index (χ1v) is 6.52. The van der Waals surface area contributed by atoms with Gasteiger partial charge in [-0.05, 0) is 44.0 Å². The molecule has 1 aromatic carbocycles. The number of amides is 1.